The van der Waals surface area contributed by atoms with Crippen LogP contribution in [0.25, 0.3) is 0 Å². The van der Waals surface area contributed by atoms with E-state index in [4.69, 9.17) is 4.74 Å². The van der Waals surface area contributed by atoms with Gasteiger partial charge in [-0.05, 0) is 48.7 Å². The third-order valence-electron chi connectivity index (χ3n) is 5.11. The van der Waals surface area contributed by atoms with E-state index >= 15 is 0 Å². The molecule has 9 heteroatoms. The monoisotopic (exact) mass is 415 g/mol. The Morgan fingerprint density at radius 2 is 1.97 bits per heavy atom. The number of nitrogens with one attached hydrogen (secondary N) is 2. The smallest absolute Gasteiger partial charge is 0.409 e. The molecule has 0 bridgehead atoms. The molecule has 2 aromatic rings. The molecule has 1 aliphatic heterocycles. The maximum absolute atomic E-state index is 14.1. The van der Waals surface area contributed by atoms with Gasteiger partial charge in [-0.25, -0.2) is 14.0 Å². The molecule has 160 valence electrons. The fourth-order valence-electron chi connectivity index (χ4n) is 3.56. The van der Waals surface area contributed by atoms with E-state index in [2.05, 4.69) is 20.5 Å². The molecule has 1 aromatic heterocycles. The van der Waals surface area contributed by atoms with Crippen molar-refractivity contribution in [1.29, 1.82) is 0 Å². The summed E-state index contributed by atoms with van der Waals surface area (Å²) in [7, 11) is 3.12. The van der Waals surface area contributed by atoms with Crippen LogP contribution in [0.1, 0.15) is 18.4 Å². The number of carbonyl (C=O) groups excluding carboxylic acids is 2. The normalized spacial score (nSPS) is 14.8. The molecular weight excluding hydrogens is 389 g/mol. The van der Waals surface area contributed by atoms with Gasteiger partial charge in [-0.1, -0.05) is 0 Å². The van der Waals surface area contributed by atoms with Gasteiger partial charge in [-0.2, -0.15) is 0 Å². The molecule has 0 radical (unpaired) electrons. The summed E-state index contributed by atoms with van der Waals surface area (Å²) >= 11 is 0. The second kappa shape index (κ2) is 10.0. The van der Waals surface area contributed by atoms with Gasteiger partial charge in [0.25, 0.3) is 0 Å². The average molecular weight is 415 g/mol. The number of benzene rings is 1. The van der Waals surface area contributed by atoms with Crippen LogP contribution in [0, 0.1) is 5.82 Å². The quantitative estimate of drug-likeness (QED) is 0.780. The largest absolute Gasteiger partial charge is 0.453 e. The minimum Gasteiger partial charge on any atom is -0.453 e. The third-order valence-corrected chi connectivity index (χ3v) is 5.11. The van der Waals surface area contributed by atoms with Gasteiger partial charge in [-0.15, -0.1) is 0 Å². The highest BCUT2D eigenvalue weighted by atomic mass is 19.1. The number of amides is 3. The van der Waals surface area contributed by atoms with Gasteiger partial charge in [0.2, 0.25) is 0 Å². The number of hydrogen-bond donors (Lipinski definition) is 2. The van der Waals surface area contributed by atoms with Crippen molar-refractivity contribution < 1.29 is 18.7 Å². The van der Waals surface area contributed by atoms with Gasteiger partial charge in [0.1, 0.15) is 5.82 Å². The van der Waals surface area contributed by atoms with E-state index in [0.29, 0.717) is 17.9 Å². The van der Waals surface area contributed by atoms with Crippen LogP contribution in [0.3, 0.4) is 0 Å². The molecule has 3 amide bonds. The van der Waals surface area contributed by atoms with E-state index in [-0.39, 0.29) is 12.1 Å². The fourth-order valence-corrected chi connectivity index (χ4v) is 3.56. The van der Waals surface area contributed by atoms with Crippen molar-refractivity contribution in [3.63, 3.8) is 0 Å². The number of hydrogen-bond acceptors (Lipinski definition) is 5. The van der Waals surface area contributed by atoms with Gasteiger partial charge in [0.15, 0.2) is 0 Å². The number of carbonyl (C=O) groups is 2. The molecule has 3 rings (SSSR count). The number of anilines is 2. The molecular formula is C21H26FN5O3. The minimum atomic E-state index is -0.466. The summed E-state index contributed by atoms with van der Waals surface area (Å²) in [6.07, 6.45) is 4.44. The number of piperidine rings is 1. The molecule has 2 N–H and O–H groups in total. The van der Waals surface area contributed by atoms with Crippen LogP contribution in [0.2, 0.25) is 0 Å². The highest BCUT2D eigenvalue weighted by Gasteiger charge is 2.25. The Morgan fingerprint density at radius 3 is 2.63 bits per heavy atom. The molecule has 0 aliphatic carbocycles. The van der Waals surface area contributed by atoms with Gasteiger partial charge in [-0.3, -0.25) is 9.88 Å². The summed E-state index contributed by atoms with van der Waals surface area (Å²) in [4.78, 5) is 31.6. The van der Waals surface area contributed by atoms with Crippen LogP contribution in [0.15, 0.2) is 42.7 Å². The lowest BCUT2D eigenvalue weighted by molar-refractivity contribution is 0.0896. The predicted molar refractivity (Wildman–Crippen MR) is 112 cm³/mol. The Kier molecular flexibility index (Phi) is 7.18. The number of likely N-dealkylation sites (tertiary alicyclic amines) is 1. The van der Waals surface area contributed by atoms with Crippen molar-refractivity contribution in [2.24, 2.45) is 0 Å². The van der Waals surface area contributed by atoms with Crippen molar-refractivity contribution >= 4 is 23.5 Å². The van der Waals surface area contributed by atoms with Gasteiger partial charge in [0.05, 0.1) is 19.0 Å². The molecule has 0 atom stereocenters. The van der Waals surface area contributed by atoms with E-state index in [1.54, 1.807) is 36.3 Å². The van der Waals surface area contributed by atoms with Gasteiger partial charge in [0, 0.05) is 44.6 Å². The Balaban J connectivity index is 1.55. The SMILES string of the molecule is COC(=O)N(C)C1CCN(Cc2cc(F)cc(NC(=O)Nc3cccnc3)c2)CC1. The molecule has 8 nitrogen and oxygen atoms in total. The van der Waals surface area contributed by atoms with Gasteiger partial charge < -0.3 is 20.3 Å². The fraction of sp³-hybridized carbons (Fsp3) is 0.381. The van der Waals surface area contributed by atoms with Crippen molar-refractivity contribution in [3.05, 3.63) is 54.1 Å². The van der Waals surface area contributed by atoms with E-state index in [0.717, 1.165) is 31.5 Å². The first kappa shape index (κ1) is 21.5. The van der Waals surface area contributed by atoms with Crippen molar-refractivity contribution in [2.45, 2.75) is 25.4 Å². The zero-order valence-electron chi connectivity index (χ0n) is 17.1. The second-order valence-corrected chi connectivity index (χ2v) is 7.26. The number of ether oxygens (including phenoxy) is 1. The van der Waals surface area contributed by atoms with Crippen LogP contribution < -0.4 is 10.6 Å². The third kappa shape index (κ3) is 5.90. The molecule has 0 unspecified atom stereocenters. The Hall–Kier alpha value is -3.20. The molecule has 0 spiro atoms. The lowest BCUT2D eigenvalue weighted by atomic mass is 10.0. The van der Waals surface area contributed by atoms with Crippen LogP contribution in [-0.2, 0) is 11.3 Å². The number of nitrogens with zero attached hydrogens (tertiary/aromatic N) is 3. The van der Waals surface area contributed by atoms with E-state index in [1.165, 1.54) is 25.4 Å². The molecule has 30 heavy (non-hydrogen) atoms. The molecule has 1 aromatic carbocycles. The van der Waals surface area contributed by atoms with Crippen molar-refractivity contribution in [3.8, 4) is 0 Å². The summed E-state index contributed by atoms with van der Waals surface area (Å²) in [5, 5.41) is 5.31. The molecule has 1 saturated heterocycles. The highest BCUT2D eigenvalue weighted by Crippen LogP contribution is 2.21. The molecule has 2 heterocycles. The molecule has 1 fully saturated rings. The van der Waals surface area contributed by atoms with Crippen molar-refractivity contribution in [1.82, 2.24) is 14.8 Å². The van der Waals surface area contributed by atoms with Crippen LogP contribution >= 0.6 is 0 Å². The van der Waals surface area contributed by atoms with Crippen LogP contribution in [0.5, 0.6) is 0 Å². The van der Waals surface area contributed by atoms with Crippen LogP contribution in [-0.4, -0.2) is 60.2 Å². The second-order valence-electron chi connectivity index (χ2n) is 7.26. The number of rotatable bonds is 5. The van der Waals surface area contributed by atoms with E-state index in [9.17, 15) is 14.0 Å². The van der Waals surface area contributed by atoms with E-state index in [1.807, 2.05) is 0 Å². The number of urea groups is 1. The number of aromatic nitrogens is 1. The zero-order valence-corrected chi connectivity index (χ0v) is 17.1. The van der Waals surface area contributed by atoms with Gasteiger partial charge >= 0.3 is 12.1 Å². The zero-order chi connectivity index (χ0) is 21.5. The predicted octanol–water partition coefficient (Wildman–Crippen LogP) is 3.53. The number of methoxy groups -OCH3 is 1. The lowest BCUT2D eigenvalue weighted by Gasteiger charge is -2.36. The Labute approximate surface area is 175 Å². The molecule has 1 aliphatic rings. The maximum Gasteiger partial charge on any atom is 0.409 e. The first-order valence-corrected chi connectivity index (χ1v) is 9.75. The maximum atomic E-state index is 14.1. The number of pyridine rings is 1. The van der Waals surface area contributed by atoms with Crippen molar-refractivity contribution in [2.75, 3.05) is 37.9 Å². The molecule has 0 saturated carbocycles. The Bertz CT molecular complexity index is 872. The Morgan fingerprint density at radius 1 is 1.23 bits per heavy atom. The summed E-state index contributed by atoms with van der Waals surface area (Å²) in [6.45, 7) is 2.13. The first-order chi connectivity index (χ1) is 14.4. The average Bonchev–Trinajstić information content (AvgIpc) is 2.73. The lowest BCUT2D eigenvalue weighted by Crippen LogP contribution is -2.45. The highest BCUT2D eigenvalue weighted by molar-refractivity contribution is 5.99. The number of halogens is 1. The summed E-state index contributed by atoms with van der Waals surface area (Å²) in [5.41, 5.74) is 1.70. The standard InChI is InChI=1S/C21H26FN5O3/c1-26(21(29)30-2)19-5-8-27(9-6-19)14-15-10-16(22)12-18(11-15)25-20(28)24-17-4-3-7-23-13-17/h3-4,7,10-13,19H,5-6,8-9,14H2,1-2H3,(H2,24,25,28). The first-order valence-electron chi connectivity index (χ1n) is 9.75. The van der Waals surface area contributed by atoms with Crippen LogP contribution in [0.4, 0.5) is 25.4 Å². The van der Waals surface area contributed by atoms with E-state index < -0.39 is 11.8 Å². The summed E-state index contributed by atoms with van der Waals surface area (Å²) < 4.78 is 18.9. The summed E-state index contributed by atoms with van der Waals surface area (Å²) in [5.74, 6) is -0.413. The summed E-state index contributed by atoms with van der Waals surface area (Å²) in [6, 6.07) is 7.60. The topological polar surface area (TPSA) is 86.8 Å². The minimum absolute atomic E-state index is 0.134.